The standard InChI is InChI=1S/C17H24N2O2/c18-17(10-11-21-12-17)16(20)19-15-8-6-14(7-9-15)13-4-2-1-3-5-13/h1-5,14-15H,6-12,18H2,(H,19,20). The van der Waals surface area contributed by atoms with Crippen molar-refractivity contribution in [1.82, 2.24) is 5.32 Å². The molecule has 3 rings (SSSR count). The minimum absolute atomic E-state index is 0.0387. The van der Waals surface area contributed by atoms with Gasteiger partial charge in [0.1, 0.15) is 5.54 Å². The Hall–Kier alpha value is -1.39. The molecule has 0 radical (unpaired) electrons. The summed E-state index contributed by atoms with van der Waals surface area (Å²) in [6.45, 7) is 0.933. The van der Waals surface area contributed by atoms with Gasteiger partial charge < -0.3 is 15.8 Å². The van der Waals surface area contributed by atoms with Crippen molar-refractivity contribution in [3.8, 4) is 0 Å². The molecule has 1 aromatic carbocycles. The van der Waals surface area contributed by atoms with Gasteiger partial charge >= 0.3 is 0 Å². The zero-order valence-electron chi connectivity index (χ0n) is 12.4. The first kappa shape index (κ1) is 14.5. The maximum Gasteiger partial charge on any atom is 0.242 e. The van der Waals surface area contributed by atoms with Crippen molar-refractivity contribution >= 4 is 5.91 Å². The number of hydrogen-bond donors (Lipinski definition) is 2. The Morgan fingerprint density at radius 1 is 1.19 bits per heavy atom. The van der Waals surface area contributed by atoms with Gasteiger partial charge in [0.15, 0.2) is 0 Å². The highest BCUT2D eigenvalue weighted by Gasteiger charge is 2.39. The molecule has 0 aromatic heterocycles. The van der Waals surface area contributed by atoms with E-state index < -0.39 is 5.54 Å². The molecule has 1 aromatic rings. The highest BCUT2D eigenvalue weighted by atomic mass is 16.5. The normalized spacial score (nSPS) is 32.8. The fraction of sp³-hybridized carbons (Fsp3) is 0.588. The van der Waals surface area contributed by atoms with Gasteiger partial charge in [-0.1, -0.05) is 30.3 Å². The predicted octanol–water partition coefficient (Wildman–Crippen LogP) is 1.95. The van der Waals surface area contributed by atoms with Crippen LogP contribution >= 0.6 is 0 Å². The van der Waals surface area contributed by atoms with Crippen LogP contribution in [0.4, 0.5) is 0 Å². The number of hydrogen-bond acceptors (Lipinski definition) is 3. The van der Waals surface area contributed by atoms with Crippen molar-refractivity contribution in [1.29, 1.82) is 0 Å². The van der Waals surface area contributed by atoms with Gasteiger partial charge in [-0.25, -0.2) is 0 Å². The van der Waals surface area contributed by atoms with Crippen LogP contribution in [0.5, 0.6) is 0 Å². The third-order valence-corrected chi connectivity index (χ3v) is 4.84. The molecule has 1 aliphatic heterocycles. The van der Waals surface area contributed by atoms with Crippen molar-refractivity contribution in [3.05, 3.63) is 35.9 Å². The molecule has 1 saturated heterocycles. The number of nitrogens with one attached hydrogen (secondary N) is 1. The second-order valence-electron chi connectivity index (χ2n) is 6.39. The van der Waals surface area contributed by atoms with Crippen LogP contribution in [0.25, 0.3) is 0 Å². The SMILES string of the molecule is NC1(C(=O)NC2CCC(c3ccccc3)CC2)CCOC1. The molecule has 21 heavy (non-hydrogen) atoms. The van der Waals surface area contributed by atoms with Crippen LogP contribution in [0.1, 0.15) is 43.6 Å². The molecule has 3 N–H and O–H groups in total. The minimum atomic E-state index is -0.809. The monoisotopic (exact) mass is 288 g/mol. The topological polar surface area (TPSA) is 64.4 Å². The van der Waals surface area contributed by atoms with Gasteiger partial charge in [0, 0.05) is 12.6 Å². The average molecular weight is 288 g/mol. The maximum atomic E-state index is 12.3. The summed E-state index contributed by atoms with van der Waals surface area (Å²) in [6, 6.07) is 10.9. The minimum Gasteiger partial charge on any atom is -0.379 e. The van der Waals surface area contributed by atoms with E-state index in [1.165, 1.54) is 5.56 Å². The Morgan fingerprint density at radius 2 is 1.90 bits per heavy atom. The molecular weight excluding hydrogens is 264 g/mol. The van der Waals surface area contributed by atoms with E-state index in [1.54, 1.807) is 0 Å². The van der Waals surface area contributed by atoms with E-state index >= 15 is 0 Å². The molecular formula is C17H24N2O2. The number of carbonyl (C=O) groups is 1. The van der Waals surface area contributed by atoms with E-state index in [4.69, 9.17) is 10.5 Å². The van der Waals surface area contributed by atoms with E-state index in [0.717, 1.165) is 25.7 Å². The van der Waals surface area contributed by atoms with Crippen LogP contribution < -0.4 is 11.1 Å². The molecule has 1 aliphatic carbocycles. The molecule has 1 saturated carbocycles. The Bertz CT molecular complexity index is 475. The van der Waals surface area contributed by atoms with Gasteiger partial charge in [0.25, 0.3) is 0 Å². The van der Waals surface area contributed by atoms with Gasteiger partial charge in [-0.05, 0) is 43.6 Å². The molecule has 1 amide bonds. The van der Waals surface area contributed by atoms with Crippen LogP contribution in [0.15, 0.2) is 30.3 Å². The lowest BCUT2D eigenvalue weighted by atomic mass is 9.81. The van der Waals surface area contributed by atoms with Gasteiger partial charge in [-0.3, -0.25) is 4.79 Å². The molecule has 0 spiro atoms. The molecule has 1 heterocycles. The Kier molecular flexibility index (Phi) is 4.27. The van der Waals surface area contributed by atoms with E-state index in [9.17, 15) is 4.79 Å². The summed E-state index contributed by atoms with van der Waals surface area (Å²) in [5.74, 6) is 0.587. The highest BCUT2D eigenvalue weighted by Crippen LogP contribution is 2.33. The third kappa shape index (κ3) is 3.27. The smallest absolute Gasteiger partial charge is 0.242 e. The first-order valence-electron chi connectivity index (χ1n) is 7.90. The second-order valence-corrected chi connectivity index (χ2v) is 6.39. The Morgan fingerprint density at radius 3 is 2.52 bits per heavy atom. The van der Waals surface area contributed by atoms with Crippen molar-refractivity contribution in [3.63, 3.8) is 0 Å². The van der Waals surface area contributed by atoms with Crippen molar-refractivity contribution in [2.24, 2.45) is 5.73 Å². The number of rotatable bonds is 3. The van der Waals surface area contributed by atoms with Gasteiger partial charge in [0.05, 0.1) is 6.61 Å². The van der Waals surface area contributed by atoms with Crippen LogP contribution in [0.3, 0.4) is 0 Å². The van der Waals surface area contributed by atoms with Crippen LogP contribution in [-0.4, -0.2) is 30.7 Å². The van der Waals surface area contributed by atoms with Crippen LogP contribution in [-0.2, 0) is 9.53 Å². The molecule has 2 aliphatic rings. The first-order chi connectivity index (χ1) is 10.2. The summed E-state index contributed by atoms with van der Waals surface area (Å²) >= 11 is 0. The van der Waals surface area contributed by atoms with E-state index in [-0.39, 0.29) is 11.9 Å². The van der Waals surface area contributed by atoms with Gasteiger partial charge in [-0.15, -0.1) is 0 Å². The summed E-state index contributed by atoms with van der Waals surface area (Å²) in [5.41, 5.74) is 6.71. The van der Waals surface area contributed by atoms with Crippen molar-refractivity contribution in [2.75, 3.05) is 13.2 Å². The first-order valence-corrected chi connectivity index (χ1v) is 7.90. The zero-order chi connectivity index (χ0) is 14.7. The lowest BCUT2D eigenvalue weighted by Crippen LogP contribution is -2.57. The second kappa shape index (κ2) is 6.16. The lowest BCUT2D eigenvalue weighted by Gasteiger charge is -2.31. The van der Waals surface area contributed by atoms with Crippen LogP contribution in [0.2, 0.25) is 0 Å². The highest BCUT2D eigenvalue weighted by molar-refractivity contribution is 5.86. The summed E-state index contributed by atoms with van der Waals surface area (Å²) < 4.78 is 5.26. The predicted molar refractivity (Wildman–Crippen MR) is 81.9 cm³/mol. The fourth-order valence-electron chi connectivity index (χ4n) is 3.39. The van der Waals surface area contributed by atoms with Crippen molar-refractivity contribution in [2.45, 2.75) is 49.6 Å². The summed E-state index contributed by atoms with van der Waals surface area (Å²) in [7, 11) is 0. The van der Waals surface area contributed by atoms with E-state index in [0.29, 0.717) is 25.6 Å². The molecule has 4 nitrogen and oxygen atoms in total. The molecule has 0 bridgehead atoms. The maximum absolute atomic E-state index is 12.3. The summed E-state index contributed by atoms with van der Waals surface area (Å²) in [6.07, 6.45) is 4.94. The number of carbonyl (C=O) groups excluding carboxylic acids is 1. The van der Waals surface area contributed by atoms with E-state index in [2.05, 4.69) is 35.6 Å². The van der Waals surface area contributed by atoms with Crippen LogP contribution in [0, 0.1) is 0 Å². The number of amides is 1. The van der Waals surface area contributed by atoms with Crippen molar-refractivity contribution < 1.29 is 9.53 Å². The Balaban J connectivity index is 1.51. The number of ether oxygens (including phenoxy) is 1. The molecule has 2 fully saturated rings. The largest absolute Gasteiger partial charge is 0.379 e. The molecule has 1 unspecified atom stereocenters. The summed E-state index contributed by atoms with van der Waals surface area (Å²) in [5, 5.41) is 3.13. The quantitative estimate of drug-likeness (QED) is 0.893. The summed E-state index contributed by atoms with van der Waals surface area (Å²) in [4.78, 5) is 12.3. The van der Waals surface area contributed by atoms with Gasteiger partial charge in [0.2, 0.25) is 5.91 Å². The third-order valence-electron chi connectivity index (χ3n) is 4.84. The van der Waals surface area contributed by atoms with E-state index in [1.807, 2.05) is 0 Å². The number of benzene rings is 1. The zero-order valence-corrected chi connectivity index (χ0v) is 12.4. The molecule has 1 atom stereocenters. The molecule has 4 heteroatoms. The lowest BCUT2D eigenvalue weighted by molar-refractivity contribution is -0.127. The molecule has 114 valence electrons. The number of nitrogens with two attached hydrogens (primary N) is 1. The Labute approximate surface area is 126 Å². The fourth-order valence-corrected chi connectivity index (χ4v) is 3.39. The average Bonchev–Trinajstić information content (AvgIpc) is 2.97. The van der Waals surface area contributed by atoms with Gasteiger partial charge in [-0.2, -0.15) is 0 Å².